The summed E-state index contributed by atoms with van der Waals surface area (Å²) in [6.07, 6.45) is 0.972. The Balaban J connectivity index is 3.20. The number of pyridine rings is 1. The number of hydrogen-bond donors (Lipinski definition) is 0. The minimum atomic E-state index is -0.754. The molecule has 0 saturated heterocycles. The normalized spacial score (nSPS) is 9.69. The summed E-state index contributed by atoms with van der Waals surface area (Å²) in [6.45, 7) is 0. The van der Waals surface area contributed by atoms with Crippen LogP contribution in [0, 0.1) is 10.1 Å². The van der Waals surface area contributed by atoms with Gasteiger partial charge >= 0.3 is 5.69 Å². The van der Waals surface area contributed by atoms with Crippen molar-refractivity contribution < 1.29 is 9.72 Å². The van der Waals surface area contributed by atoms with E-state index in [0.29, 0.717) is 0 Å². The van der Waals surface area contributed by atoms with Crippen LogP contribution in [0.15, 0.2) is 16.7 Å². The standard InChI is InChI=1S/C6H2BrClN2O3/c7-3-1-4(6(8)11)9-2-5(3)10(12)13/h1-2H. The van der Waals surface area contributed by atoms with Gasteiger partial charge in [0, 0.05) is 0 Å². The SMILES string of the molecule is O=C(Cl)c1cc(Br)c([N+](=O)[O-])cn1. The van der Waals surface area contributed by atoms with Gasteiger partial charge in [0.2, 0.25) is 0 Å². The summed E-state index contributed by atoms with van der Waals surface area (Å²) >= 11 is 8.04. The molecule has 0 bridgehead atoms. The number of hydrogen-bond acceptors (Lipinski definition) is 4. The van der Waals surface area contributed by atoms with Crippen molar-refractivity contribution in [1.29, 1.82) is 0 Å². The van der Waals surface area contributed by atoms with Crippen molar-refractivity contribution in [3.63, 3.8) is 0 Å². The number of nitro groups is 1. The number of nitrogens with zero attached hydrogens (tertiary/aromatic N) is 2. The van der Waals surface area contributed by atoms with Gasteiger partial charge < -0.3 is 0 Å². The topological polar surface area (TPSA) is 73.1 Å². The molecule has 0 aliphatic rings. The minimum absolute atomic E-state index is 0.0286. The first-order valence-electron chi connectivity index (χ1n) is 3.02. The van der Waals surface area contributed by atoms with E-state index in [9.17, 15) is 14.9 Å². The van der Waals surface area contributed by atoms with Crippen LogP contribution in [0.4, 0.5) is 5.69 Å². The summed E-state index contributed by atoms with van der Waals surface area (Å²) in [5.41, 5.74) is -0.235. The third kappa shape index (κ3) is 2.22. The molecule has 0 amide bonds. The Kier molecular flexibility index (Phi) is 2.94. The summed E-state index contributed by atoms with van der Waals surface area (Å²) in [7, 11) is 0. The van der Waals surface area contributed by atoms with Crippen molar-refractivity contribution in [2.24, 2.45) is 0 Å². The van der Waals surface area contributed by atoms with E-state index in [1.165, 1.54) is 6.07 Å². The Morgan fingerprint density at radius 3 is 2.69 bits per heavy atom. The fourth-order valence-corrected chi connectivity index (χ4v) is 1.23. The second-order valence-corrected chi connectivity index (χ2v) is 3.25. The highest BCUT2D eigenvalue weighted by molar-refractivity contribution is 9.10. The maximum Gasteiger partial charge on any atom is 0.301 e. The summed E-state index contributed by atoms with van der Waals surface area (Å²) in [5, 5.41) is 9.57. The van der Waals surface area contributed by atoms with Crippen molar-refractivity contribution in [2.45, 2.75) is 0 Å². The van der Waals surface area contributed by atoms with Crippen molar-refractivity contribution >= 4 is 38.5 Å². The maximum atomic E-state index is 10.6. The van der Waals surface area contributed by atoms with E-state index in [0.717, 1.165) is 6.20 Å². The molecule has 0 spiro atoms. The highest BCUT2D eigenvalue weighted by atomic mass is 79.9. The Bertz CT molecular complexity index is 382. The van der Waals surface area contributed by atoms with Gasteiger partial charge in [-0.3, -0.25) is 14.9 Å². The van der Waals surface area contributed by atoms with Gasteiger partial charge in [-0.2, -0.15) is 0 Å². The lowest BCUT2D eigenvalue weighted by atomic mass is 10.3. The lowest BCUT2D eigenvalue weighted by Crippen LogP contribution is -1.97. The van der Waals surface area contributed by atoms with Gasteiger partial charge in [-0.1, -0.05) is 0 Å². The van der Waals surface area contributed by atoms with Gasteiger partial charge in [-0.15, -0.1) is 0 Å². The predicted octanol–water partition coefficient (Wildman–Crippen LogP) is 2.13. The average molecular weight is 265 g/mol. The van der Waals surface area contributed by atoms with E-state index < -0.39 is 10.2 Å². The third-order valence-electron chi connectivity index (χ3n) is 1.23. The summed E-state index contributed by atoms with van der Waals surface area (Å²) in [6, 6.07) is 1.20. The van der Waals surface area contributed by atoms with Gasteiger partial charge in [0.25, 0.3) is 5.24 Å². The van der Waals surface area contributed by atoms with Crippen LogP contribution in [0.1, 0.15) is 10.5 Å². The summed E-state index contributed by atoms with van der Waals surface area (Å²) in [4.78, 5) is 23.8. The highest BCUT2D eigenvalue weighted by Crippen LogP contribution is 2.24. The maximum absolute atomic E-state index is 10.6. The first-order chi connectivity index (χ1) is 6.02. The van der Waals surface area contributed by atoms with Crippen molar-refractivity contribution in [3.8, 4) is 0 Å². The van der Waals surface area contributed by atoms with Crippen molar-refractivity contribution in [1.82, 2.24) is 4.98 Å². The van der Waals surface area contributed by atoms with Crippen LogP contribution in [0.25, 0.3) is 0 Å². The molecular weight excluding hydrogens is 263 g/mol. The van der Waals surface area contributed by atoms with E-state index >= 15 is 0 Å². The van der Waals surface area contributed by atoms with Gasteiger partial charge in [-0.05, 0) is 33.6 Å². The lowest BCUT2D eigenvalue weighted by molar-refractivity contribution is -0.386. The molecule has 0 aliphatic heterocycles. The molecule has 0 saturated carbocycles. The molecule has 1 heterocycles. The Morgan fingerprint density at radius 2 is 2.31 bits per heavy atom. The highest BCUT2D eigenvalue weighted by Gasteiger charge is 2.14. The van der Waals surface area contributed by atoms with Gasteiger partial charge in [0.15, 0.2) is 0 Å². The molecule has 68 valence electrons. The first kappa shape index (κ1) is 10.1. The zero-order valence-corrected chi connectivity index (χ0v) is 8.37. The Labute approximate surface area is 86.0 Å². The molecule has 0 aliphatic carbocycles. The third-order valence-corrected chi connectivity index (χ3v) is 2.06. The molecule has 0 fully saturated rings. The van der Waals surface area contributed by atoms with E-state index in [4.69, 9.17) is 11.6 Å². The van der Waals surface area contributed by atoms with E-state index in [-0.39, 0.29) is 15.9 Å². The molecule has 0 aromatic carbocycles. The molecule has 13 heavy (non-hydrogen) atoms. The summed E-state index contributed by atoms with van der Waals surface area (Å²) in [5.74, 6) is 0. The largest absolute Gasteiger partial charge is 0.301 e. The molecule has 1 aromatic heterocycles. The lowest BCUT2D eigenvalue weighted by Gasteiger charge is -1.95. The van der Waals surface area contributed by atoms with Crippen LogP contribution < -0.4 is 0 Å². The van der Waals surface area contributed by atoms with Gasteiger partial charge in [0.1, 0.15) is 11.9 Å². The fourth-order valence-electron chi connectivity index (χ4n) is 0.665. The Morgan fingerprint density at radius 1 is 1.69 bits per heavy atom. The monoisotopic (exact) mass is 264 g/mol. The van der Waals surface area contributed by atoms with Crippen LogP contribution in [-0.2, 0) is 0 Å². The predicted molar refractivity (Wildman–Crippen MR) is 48.8 cm³/mol. The Hall–Kier alpha value is -1.01. The number of aromatic nitrogens is 1. The first-order valence-corrected chi connectivity index (χ1v) is 4.19. The summed E-state index contributed by atoms with van der Waals surface area (Å²) < 4.78 is 0.177. The van der Waals surface area contributed by atoms with Crippen LogP contribution in [0.5, 0.6) is 0 Å². The number of carbonyl (C=O) groups excluding carboxylic acids is 1. The van der Waals surface area contributed by atoms with Crippen LogP contribution in [-0.4, -0.2) is 15.1 Å². The molecule has 0 unspecified atom stereocenters. The smallest absolute Gasteiger partial charge is 0.274 e. The van der Waals surface area contributed by atoms with Crippen LogP contribution >= 0.6 is 27.5 Å². The molecule has 0 N–H and O–H groups in total. The molecule has 5 nitrogen and oxygen atoms in total. The van der Waals surface area contributed by atoms with Crippen molar-refractivity contribution in [3.05, 3.63) is 32.5 Å². The van der Waals surface area contributed by atoms with Crippen LogP contribution in [0.2, 0.25) is 0 Å². The quantitative estimate of drug-likeness (QED) is 0.466. The van der Waals surface area contributed by atoms with Gasteiger partial charge in [0.05, 0.1) is 9.40 Å². The van der Waals surface area contributed by atoms with E-state index in [1.807, 2.05) is 0 Å². The van der Waals surface area contributed by atoms with Gasteiger partial charge in [-0.25, -0.2) is 4.98 Å². The fraction of sp³-hybridized carbons (Fsp3) is 0. The average Bonchev–Trinajstić information content (AvgIpc) is 2.03. The second-order valence-electron chi connectivity index (χ2n) is 2.05. The molecular formula is C6H2BrClN2O3. The number of halogens is 2. The zero-order chi connectivity index (χ0) is 10.0. The van der Waals surface area contributed by atoms with E-state index in [2.05, 4.69) is 20.9 Å². The molecule has 0 radical (unpaired) electrons. The zero-order valence-electron chi connectivity index (χ0n) is 6.03. The molecule has 1 aromatic rings. The number of rotatable bonds is 2. The van der Waals surface area contributed by atoms with Crippen molar-refractivity contribution in [2.75, 3.05) is 0 Å². The molecule has 1 rings (SSSR count). The minimum Gasteiger partial charge on any atom is -0.274 e. The molecule has 0 atom stereocenters. The molecule has 7 heteroatoms. The van der Waals surface area contributed by atoms with Crippen LogP contribution in [0.3, 0.4) is 0 Å². The number of carbonyl (C=O) groups is 1. The van der Waals surface area contributed by atoms with E-state index in [1.54, 1.807) is 0 Å². The second kappa shape index (κ2) is 3.80.